The van der Waals surface area contributed by atoms with E-state index in [4.69, 9.17) is 9.57 Å². The number of carbonyl (C=O) groups excluding carboxylic acids is 1. The van der Waals surface area contributed by atoms with E-state index in [9.17, 15) is 9.90 Å². The van der Waals surface area contributed by atoms with Gasteiger partial charge in [-0.25, -0.2) is 4.79 Å². The van der Waals surface area contributed by atoms with Crippen molar-refractivity contribution in [2.45, 2.75) is 20.5 Å². The molecule has 0 fully saturated rings. The Balaban J connectivity index is 2.01. The zero-order valence-corrected chi connectivity index (χ0v) is 13.2. The largest absolute Gasteiger partial charge is 0.507 e. The highest BCUT2D eigenvalue weighted by molar-refractivity contribution is 6.00. The maximum absolute atomic E-state index is 11.7. The summed E-state index contributed by atoms with van der Waals surface area (Å²) < 4.78 is 4.96. The summed E-state index contributed by atoms with van der Waals surface area (Å²) in [5.74, 6) is -0.204. The fourth-order valence-electron chi connectivity index (χ4n) is 2.03. The van der Waals surface area contributed by atoms with Crippen LogP contribution in [-0.4, -0.2) is 23.4 Å². The van der Waals surface area contributed by atoms with E-state index in [1.54, 1.807) is 50.2 Å². The van der Waals surface area contributed by atoms with Gasteiger partial charge < -0.3 is 14.7 Å². The number of esters is 1. The zero-order chi connectivity index (χ0) is 16.7. The summed E-state index contributed by atoms with van der Waals surface area (Å²) in [6.07, 6.45) is 0. The first kappa shape index (κ1) is 16.5. The minimum atomic E-state index is -0.358. The topological polar surface area (TPSA) is 68.1 Å². The number of phenolic OH excluding ortho intramolecular Hbond substituents is 1. The van der Waals surface area contributed by atoms with Gasteiger partial charge in [-0.3, -0.25) is 0 Å². The van der Waals surface area contributed by atoms with Crippen LogP contribution in [0.5, 0.6) is 5.75 Å². The van der Waals surface area contributed by atoms with Crippen molar-refractivity contribution >= 4 is 11.7 Å². The molecule has 0 atom stereocenters. The van der Waals surface area contributed by atoms with Gasteiger partial charge in [0, 0.05) is 5.56 Å². The highest BCUT2D eigenvalue weighted by atomic mass is 16.6. The van der Waals surface area contributed by atoms with E-state index in [0.29, 0.717) is 23.4 Å². The quantitative estimate of drug-likeness (QED) is 0.503. The van der Waals surface area contributed by atoms with E-state index >= 15 is 0 Å². The van der Waals surface area contributed by atoms with Gasteiger partial charge in [0.25, 0.3) is 0 Å². The van der Waals surface area contributed by atoms with Crippen LogP contribution in [0.25, 0.3) is 0 Å². The van der Waals surface area contributed by atoms with E-state index in [0.717, 1.165) is 5.56 Å². The highest BCUT2D eigenvalue weighted by Crippen LogP contribution is 2.17. The number of nitrogens with zero attached hydrogens (tertiary/aromatic N) is 1. The normalized spacial score (nSPS) is 11.1. The van der Waals surface area contributed by atoms with Crippen LogP contribution in [0.4, 0.5) is 0 Å². The average molecular weight is 313 g/mol. The lowest BCUT2D eigenvalue weighted by atomic mass is 10.1. The Morgan fingerprint density at radius 2 is 1.96 bits per heavy atom. The summed E-state index contributed by atoms with van der Waals surface area (Å²) in [6.45, 7) is 4.08. The number of rotatable bonds is 6. The summed E-state index contributed by atoms with van der Waals surface area (Å²) >= 11 is 0. The number of ether oxygens (including phenoxy) is 1. The molecule has 2 rings (SSSR count). The van der Waals surface area contributed by atoms with Crippen LogP contribution in [0.1, 0.15) is 35.3 Å². The molecule has 23 heavy (non-hydrogen) atoms. The lowest BCUT2D eigenvalue weighted by Gasteiger charge is -2.06. The number of oxime groups is 1. The molecule has 0 aliphatic carbocycles. The van der Waals surface area contributed by atoms with E-state index in [2.05, 4.69) is 5.16 Å². The first-order valence-electron chi connectivity index (χ1n) is 7.32. The lowest BCUT2D eigenvalue weighted by Crippen LogP contribution is -2.05. The number of hydrogen-bond acceptors (Lipinski definition) is 5. The molecule has 0 aliphatic rings. The second kappa shape index (κ2) is 7.98. The molecule has 0 spiro atoms. The first-order chi connectivity index (χ1) is 11.1. The van der Waals surface area contributed by atoms with Gasteiger partial charge in [0.2, 0.25) is 0 Å². The fraction of sp³-hybridized carbons (Fsp3) is 0.222. The smallest absolute Gasteiger partial charge is 0.338 e. The summed E-state index contributed by atoms with van der Waals surface area (Å²) in [5, 5.41) is 13.8. The van der Waals surface area contributed by atoms with E-state index in [1.165, 1.54) is 0 Å². The van der Waals surface area contributed by atoms with Gasteiger partial charge in [0.1, 0.15) is 12.4 Å². The molecule has 0 aliphatic heterocycles. The predicted octanol–water partition coefficient (Wildman–Crippen LogP) is 3.51. The monoisotopic (exact) mass is 313 g/mol. The van der Waals surface area contributed by atoms with Crippen molar-refractivity contribution < 1.29 is 19.5 Å². The molecule has 0 saturated heterocycles. The van der Waals surface area contributed by atoms with Crippen molar-refractivity contribution in [2.24, 2.45) is 5.16 Å². The van der Waals surface area contributed by atoms with Gasteiger partial charge in [-0.05, 0) is 43.7 Å². The number of phenols is 1. The van der Waals surface area contributed by atoms with Gasteiger partial charge in [-0.2, -0.15) is 0 Å². The number of carbonyl (C=O) groups is 1. The number of para-hydroxylation sites is 1. The molecule has 0 amide bonds. The van der Waals surface area contributed by atoms with Gasteiger partial charge in [0.05, 0.1) is 17.9 Å². The third-order valence-corrected chi connectivity index (χ3v) is 3.16. The van der Waals surface area contributed by atoms with Gasteiger partial charge in [0.15, 0.2) is 0 Å². The van der Waals surface area contributed by atoms with Crippen LogP contribution in [0.15, 0.2) is 53.7 Å². The van der Waals surface area contributed by atoms with Gasteiger partial charge in [-0.15, -0.1) is 0 Å². The molecule has 2 aromatic carbocycles. The SMILES string of the molecule is CCOC(=O)c1cccc(CO/N=C(\C)c2ccccc2O)c1. The average Bonchev–Trinajstić information content (AvgIpc) is 2.55. The van der Waals surface area contributed by atoms with Gasteiger partial charge >= 0.3 is 5.97 Å². The van der Waals surface area contributed by atoms with Crippen molar-refractivity contribution in [2.75, 3.05) is 6.61 Å². The van der Waals surface area contributed by atoms with Crippen molar-refractivity contribution in [3.63, 3.8) is 0 Å². The zero-order valence-electron chi connectivity index (χ0n) is 13.2. The Bertz CT molecular complexity index is 710. The van der Waals surface area contributed by atoms with Crippen molar-refractivity contribution in [3.8, 4) is 5.75 Å². The molecular formula is C18H19NO4. The van der Waals surface area contributed by atoms with E-state index < -0.39 is 0 Å². The number of benzene rings is 2. The minimum absolute atomic E-state index is 0.154. The van der Waals surface area contributed by atoms with Crippen molar-refractivity contribution in [3.05, 3.63) is 65.2 Å². The highest BCUT2D eigenvalue weighted by Gasteiger charge is 2.07. The van der Waals surface area contributed by atoms with Crippen LogP contribution in [0, 0.1) is 0 Å². The second-order valence-corrected chi connectivity index (χ2v) is 4.89. The lowest BCUT2D eigenvalue weighted by molar-refractivity contribution is 0.0526. The summed E-state index contributed by atoms with van der Waals surface area (Å²) in [4.78, 5) is 17.0. The molecule has 5 heteroatoms. The number of hydrogen-bond donors (Lipinski definition) is 1. The first-order valence-corrected chi connectivity index (χ1v) is 7.32. The second-order valence-electron chi connectivity index (χ2n) is 4.89. The summed E-state index contributed by atoms with van der Waals surface area (Å²) in [6, 6.07) is 13.9. The predicted molar refractivity (Wildman–Crippen MR) is 87.5 cm³/mol. The summed E-state index contributed by atoms with van der Waals surface area (Å²) in [7, 11) is 0. The maximum Gasteiger partial charge on any atom is 0.338 e. The molecule has 0 bridgehead atoms. The molecule has 5 nitrogen and oxygen atoms in total. The molecule has 0 heterocycles. The summed E-state index contributed by atoms with van der Waals surface area (Å²) in [5.41, 5.74) is 2.48. The van der Waals surface area contributed by atoms with Gasteiger partial charge in [-0.1, -0.05) is 29.4 Å². The third-order valence-electron chi connectivity index (χ3n) is 3.16. The molecule has 0 unspecified atom stereocenters. The standard InChI is InChI=1S/C18H19NO4/c1-3-22-18(21)15-8-6-7-14(11-15)12-23-19-13(2)16-9-4-5-10-17(16)20/h4-11,20H,3,12H2,1-2H3/b19-13+. The molecule has 0 aromatic heterocycles. The Morgan fingerprint density at radius 3 is 2.70 bits per heavy atom. The molecule has 0 saturated carbocycles. The molecular weight excluding hydrogens is 294 g/mol. The van der Waals surface area contributed by atoms with Crippen LogP contribution in [0.2, 0.25) is 0 Å². The van der Waals surface area contributed by atoms with E-state index in [-0.39, 0.29) is 18.3 Å². The Labute approximate surface area is 135 Å². The Hall–Kier alpha value is -2.82. The molecule has 2 aromatic rings. The van der Waals surface area contributed by atoms with Crippen LogP contribution in [0.3, 0.4) is 0 Å². The van der Waals surface area contributed by atoms with E-state index in [1.807, 2.05) is 12.1 Å². The molecule has 120 valence electrons. The van der Waals surface area contributed by atoms with Crippen molar-refractivity contribution in [1.29, 1.82) is 0 Å². The molecule has 1 N–H and O–H groups in total. The number of aromatic hydroxyl groups is 1. The maximum atomic E-state index is 11.7. The van der Waals surface area contributed by atoms with Crippen LogP contribution >= 0.6 is 0 Å². The molecule has 0 radical (unpaired) electrons. The van der Waals surface area contributed by atoms with Crippen LogP contribution < -0.4 is 0 Å². The Morgan fingerprint density at radius 1 is 1.17 bits per heavy atom. The minimum Gasteiger partial charge on any atom is -0.507 e. The van der Waals surface area contributed by atoms with Crippen molar-refractivity contribution in [1.82, 2.24) is 0 Å². The fourth-order valence-corrected chi connectivity index (χ4v) is 2.03. The van der Waals surface area contributed by atoms with Crippen LogP contribution in [-0.2, 0) is 16.2 Å². The third kappa shape index (κ3) is 4.57. The Kier molecular flexibility index (Phi) is 5.74.